The normalized spacial score (nSPS) is 13.1. The predicted octanol–water partition coefficient (Wildman–Crippen LogP) is 13.6. The molecule has 4 heteroatoms. The molecule has 0 radical (unpaired) electrons. The van der Waals surface area contributed by atoms with Crippen molar-refractivity contribution in [2.45, 2.75) is 251 Å². The maximum atomic E-state index is 12.3. The van der Waals surface area contributed by atoms with E-state index in [0.29, 0.717) is 6.42 Å². The van der Waals surface area contributed by atoms with E-state index in [0.717, 1.165) is 38.5 Å². The van der Waals surface area contributed by atoms with Crippen LogP contribution in [0, 0.1) is 0 Å². The van der Waals surface area contributed by atoms with Gasteiger partial charge >= 0.3 is 0 Å². The molecule has 0 rings (SSSR count). The fourth-order valence-electron chi connectivity index (χ4n) is 6.76. The molecule has 0 fully saturated rings. The zero-order chi connectivity index (χ0) is 35.7. The lowest BCUT2D eigenvalue weighted by Gasteiger charge is -2.20. The van der Waals surface area contributed by atoms with E-state index in [1.807, 2.05) is 6.08 Å². The van der Waals surface area contributed by atoms with Crippen molar-refractivity contribution >= 4 is 5.91 Å². The van der Waals surface area contributed by atoms with Crippen molar-refractivity contribution in [1.82, 2.24) is 5.32 Å². The lowest BCUT2D eigenvalue weighted by atomic mass is 10.0. The molecular weight excluding hydrogens is 602 g/mol. The van der Waals surface area contributed by atoms with Gasteiger partial charge in [-0.1, -0.05) is 212 Å². The molecule has 0 aliphatic rings. The standard InChI is InChI=1S/C45H87NO3/c1-3-5-7-9-11-13-15-17-18-19-20-21-22-23-24-25-26-27-29-30-32-34-36-38-40-44(48)43(42-47)46-45(49)41-39-37-35-33-31-28-16-14-12-10-8-6-4-2/h14,16,38,40,43-44,47-48H,3-13,15,17-37,39,41-42H2,1-2H3,(H,46,49)/b16-14-,40-38+. The highest BCUT2D eigenvalue weighted by Gasteiger charge is 2.17. The van der Waals surface area contributed by atoms with E-state index in [1.54, 1.807) is 6.08 Å². The average Bonchev–Trinajstić information content (AvgIpc) is 3.10. The van der Waals surface area contributed by atoms with Crippen molar-refractivity contribution in [2.24, 2.45) is 0 Å². The molecule has 290 valence electrons. The second-order valence-corrected chi connectivity index (χ2v) is 15.1. The smallest absolute Gasteiger partial charge is 0.220 e. The number of carbonyl (C=O) groups excluding carboxylic acids is 1. The molecule has 2 atom stereocenters. The topological polar surface area (TPSA) is 69.6 Å². The number of rotatable bonds is 40. The Kier molecular flexibility index (Phi) is 40.3. The summed E-state index contributed by atoms with van der Waals surface area (Å²) in [4.78, 5) is 12.3. The quantitative estimate of drug-likeness (QED) is 0.0443. The molecule has 0 aromatic carbocycles. The van der Waals surface area contributed by atoms with E-state index in [2.05, 4.69) is 31.3 Å². The first-order valence-corrected chi connectivity index (χ1v) is 22.1. The van der Waals surface area contributed by atoms with Gasteiger partial charge in [-0.2, -0.15) is 0 Å². The molecule has 0 aliphatic carbocycles. The zero-order valence-corrected chi connectivity index (χ0v) is 33.2. The zero-order valence-electron chi connectivity index (χ0n) is 33.2. The molecule has 0 heterocycles. The molecule has 0 spiro atoms. The number of allylic oxidation sites excluding steroid dienone is 3. The van der Waals surface area contributed by atoms with Crippen LogP contribution in [-0.4, -0.2) is 34.9 Å². The van der Waals surface area contributed by atoms with E-state index >= 15 is 0 Å². The third kappa shape index (κ3) is 37.9. The number of unbranched alkanes of at least 4 members (excludes halogenated alkanes) is 31. The van der Waals surface area contributed by atoms with Gasteiger partial charge in [-0.25, -0.2) is 0 Å². The Balaban J connectivity index is 3.52. The summed E-state index contributed by atoms with van der Waals surface area (Å²) in [5.41, 5.74) is 0. The van der Waals surface area contributed by atoms with Crippen LogP contribution in [0.15, 0.2) is 24.3 Å². The predicted molar refractivity (Wildman–Crippen MR) is 216 cm³/mol. The van der Waals surface area contributed by atoms with Crippen LogP contribution < -0.4 is 5.32 Å². The molecule has 0 saturated carbocycles. The van der Waals surface area contributed by atoms with Gasteiger partial charge in [0, 0.05) is 6.42 Å². The second-order valence-electron chi connectivity index (χ2n) is 15.1. The summed E-state index contributed by atoms with van der Waals surface area (Å²) in [6.45, 7) is 4.30. The molecule has 1 amide bonds. The largest absolute Gasteiger partial charge is 0.394 e. The minimum atomic E-state index is -0.839. The first kappa shape index (κ1) is 47.9. The van der Waals surface area contributed by atoms with E-state index in [4.69, 9.17) is 0 Å². The highest BCUT2D eigenvalue weighted by molar-refractivity contribution is 5.76. The molecule has 4 nitrogen and oxygen atoms in total. The van der Waals surface area contributed by atoms with Crippen LogP contribution in [0.2, 0.25) is 0 Å². The Hall–Kier alpha value is -1.13. The van der Waals surface area contributed by atoms with Crippen LogP contribution in [0.5, 0.6) is 0 Å². The number of hydrogen-bond acceptors (Lipinski definition) is 3. The van der Waals surface area contributed by atoms with Gasteiger partial charge in [-0.15, -0.1) is 0 Å². The number of aliphatic hydroxyl groups is 2. The van der Waals surface area contributed by atoms with Crippen LogP contribution >= 0.6 is 0 Å². The Morgan fingerprint density at radius 1 is 0.469 bits per heavy atom. The van der Waals surface area contributed by atoms with Crippen molar-refractivity contribution in [3.63, 3.8) is 0 Å². The van der Waals surface area contributed by atoms with Crippen LogP contribution in [-0.2, 0) is 4.79 Å². The second kappa shape index (κ2) is 41.3. The molecule has 0 aromatic rings. The van der Waals surface area contributed by atoms with Gasteiger partial charge in [0.2, 0.25) is 5.91 Å². The van der Waals surface area contributed by atoms with Crippen molar-refractivity contribution in [3.05, 3.63) is 24.3 Å². The van der Waals surface area contributed by atoms with Gasteiger partial charge in [0.1, 0.15) is 0 Å². The summed E-state index contributed by atoms with van der Waals surface area (Å²) in [5.74, 6) is -0.0721. The minimum absolute atomic E-state index is 0.0721. The van der Waals surface area contributed by atoms with Gasteiger partial charge in [0.25, 0.3) is 0 Å². The van der Waals surface area contributed by atoms with Gasteiger partial charge in [-0.3, -0.25) is 4.79 Å². The van der Waals surface area contributed by atoms with Crippen LogP contribution in [0.25, 0.3) is 0 Å². The lowest BCUT2D eigenvalue weighted by molar-refractivity contribution is -0.123. The SMILES string of the molecule is CCCCCC/C=C\CCCCCCCC(=O)NC(CO)C(O)/C=C/CCCCCCCCCCCCCCCCCCCCCCCC. The van der Waals surface area contributed by atoms with Crippen LogP contribution in [0.4, 0.5) is 0 Å². The van der Waals surface area contributed by atoms with E-state index in [9.17, 15) is 15.0 Å². The van der Waals surface area contributed by atoms with Gasteiger partial charge in [-0.05, 0) is 44.9 Å². The molecule has 49 heavy (non-hydrogen) atoms. The third-order valence-electron chi connectivity index (χ3n) is 10.2. The summed E-state index contributed by atoms with van der Waals surface area (Å²) < 4.78 is 0. The maximum absolute atomic E-state index is 12.3. The number of aliphatic hydroxyl groups excluding tert-OH is 2. The fourth-order valence-corrected chi connectivity index (χ4v) is 6.76. The fraction of sp³-hybridized carbons (Fsp3) is 0.889. The number of hydrogen-bond donors (Lipinski definition) is 3. The molecule has 0 aliphatic heterocycles. The first-order chi connectivity index (χ1) is 24.2. The van der Waals surface area contributed by atoms with Gasteiger partial charge < -0.3 is 15.5 Å². The number of nitrogens with one attached hydrogen (secondary N) is 1. The lowest BCUT2D eigenvalue weighted by Crippen LogP contribution is -2.45. The maximum Gasteiger partial charge on any atom is 0.220 e. The van der Waals surface area contributed by atoms with Crippen LogP contribution in [0.1, 0.15) is 239 Å². The number of amides is 1. The van der Waals surface area contributed by atoms with Crippen LogP contribution in [0.3, 0.4) is 0 Å². The summed E-state index contributed by atoms with van der Waals surface area (Å²) in [7, 11) is 0. The molecule has 0 saturated heterocycles. The van der Waals surface area contributed by atoms with Crippen molar-refractivity contribution in [1.29, 1.82) is 0 Å². The molecule has 0 aromatic heterocycles. The minimum Gasteiger partial charge on any atom is -0.394 e. The monoisotopic (exact) mass is 690 g/mol. The van der Waals surface area contributed by atoms with Crippen molar-refractivity contribution < 1.29 is 15.0 Å². The van der Waals surface area contributed by atoms with Gasteiger partial charge in [0.05, 0.1) is 18.8 Å². The van der Waals surface area contributed by atoms with Crippen molar-refractivity contribution in [3.8, 4) is 0 Å². The summed E-state index contributed by atoms with van der Waals surface area (Å²) >= 11 is 0. The Morgan fingerprint density at radius 2 is 0.776 bits per heavy atom. The molecular formula is C45H87NO3. The summed E-state index contributed by atoms with van der Waals surface area (Å²) in [6, 6.07) is -0.623. The van der Waals surface area contributed by atoms with E-state index in [1.165, 1.54) is 180 Å². The average molecular weight is 690 g/mol. The highest BCUT2D eigenvalue weighted by atomic mass is 16.3. The summed E-state index contributed by atoms with van der Waals surface area (Å²) in [6.07, 6.45) is 52.9. The molecule has 3 N–H and O–H groups in total. The highest BCUT2D eigenvalue weighted by Crippen LogP contribution is 2.16. The van der Waals surface area contributed by atoms with Crippen molar-refractivity contribution in [2.75, 3.05) is 6.61 Å². The van der Waals surface area contributed by atoms with Gasteiger partial charge in [0.15, 0.2) is 0 Å². The molecule has 2 unspecified atom stereocenters. The Morgan fingerprint density at radius 3 is 1.14 bits per heavy atom. The Labute approximate surface area is 307 Å². The van der Waals surface area contributed by atoms with E-state index < -0.39 is 12.1 Å². The van der Waals surface area contributed by atoms with E-state index in [-0.39, 0.29) is 12.5 Å². The summed E-state index contributed by atoms with van der Waals surface area (Å²) in [5, 5.41) is 23.0. The Bertz CT molecular complexity index is 705. The molecule has 0 bridgehead atoms. The first-order valence-electron chi connectivity index (χ1n) is 22.1. The third-order valence-corrected chi connectivity index (χ3v) is 10.2. The number of carbonyl (C=O) groups is 1.